The molecule has 2 rings (SSSR count). The third-order valence-corrected chi connectivity index (χ3v) is 3.34. The molecular weight excluding hydrogens is 241 g/mol. The van der Waals surface area contributed by atoms with E-state index < -0.39 is 0 Å². The molecule has 0 spiro atoms. The Hall–Kier alpha value is -2.03. The van der Waals surface area contributed by atoms with Crippen molar-refractivity contribution in [1.82, 2.24) is 0 Å². The van der Waals surface area contributed by atoms with E-state index in [1.54, 1.807) is 24.3 Å². The van der Waals surface area contributed by atoms with Crippen LogP contribution < -0.4 is 4.90 Å². The first-order valence-corrected chi connectivity index (χ1v) is 6.43. The first-order valence-electron chi connectivity index (χ1n) is 6.43. The predicted octanol–water partition coefficient (Wildman–Crippen LogP) is 4.12. The van der Waals surface area contributed by atoms with Crippen molar-refractivity contribution in [3.63, 3.8) is 0 Å². The van der Waals surface area contributed by atoms with E-state index >= 15 is 0 Å². The fourth-order valence-corrected chi connectivity index (χ4v) is 2.25. The minimum Gasteiger partial charge on any atom is -0.508 e. The maximum absolute atomic E-state index is 13.0. The van der Waals surface area contributed by atoms with Crippen LogP contribution in [0.3, 0.4) is 0 Å². The van der Waals surface area contributed by atoms with Gasteiger partial charge in [0.15, 0.2) is 0 Å². The second-order valence-electron chi connectivity index (χ2n) is 4.53. The fourth-order valence-electron chi connectivity index (χ4n) is 2.25. The molecule has 0 aromatic heterocycles. The fraction of sp³-hybridized carbons (Fsp3) is 0.250. The second-order valence-corrected chi connectivity index (χ2v) is 4.53. The van der Waals surface area contributed by atoms with Gasteiger partial charge in [-0.2, -0.15) is 0 Å². The van der Waals surface area contributed by atoms with Crippen molar-refractivity contribution in [3.8, 4) is 5.75 Å². The van der Waals surface area contributed by atoms with Gasteiger partial charge in [-0.3, -0.25) is 0 Å². The van der Waals surface area contributed by atoms with E-state index in [9.17, 15) is 9.50 Å². The summed E-state index contributed by atoms with van der Waals surface area (Å²) in [6.45, 7) is 4.99. The lowest BCUT2D eigenvalue weighted by atomic mass is 10.1. The van der Waals surface area contributed by atoms with Crippen molar-refractivity contribution in [3.05, 3.63) is 59.9 Å². The molecule has 0 aliphatic heterocycles. The van der Waals surface area contributed by atoms with E-state index in [4.69, 9.17) is 0 Å². The number of nitrogens with zero attached hydrogens (tertiary/aromatic N) is 1. The standard InChI is InChI=1S/C16H18FNO/c1-3-18(15-8-6-14(17)7-9-15)12(2)13-4-10-16(19)11-5-13/h4-12,19H,3H2,1-2H3. The molecule has 0 saturated heterocycles. The van der Waals surface area contributed by atoms with Crippen LogP contribution in [0.2, 0.25) is 0 Å². The van der Waals surface area contributed by atoms with Crippen LogP contribution in [0.1, 0.15) is 25.5 Å². The molecule has 0 aliphatic carbocycles. The van der Waals surface area contributed by atoms with E-state index in [0.29, 0.717) is 0 Å². The summed E-state index contributed by atoms with van der Waals surface area (Å²) in [5, 5.41) is 9.33. The van der Waals surface area contributed by atoms with Crippen molar-refractivity contribution in [2.75, 3.05) is 11.4 Å². The minimum atomic E-state index is -0.225. The number of halogens is 1. The summed E-state index contributed by atoms with van der Waals surface area (Å²) in [5.41, 5.74) is 2.11. The van der Waals surface area contributed by atoms with Gasteiger partial charge in [0.05, 0.1) is 6.04 Å². The van der Waals surface area contributed by atoms with E-state index in [1.807, 2.05) is 12.1 Å². The molecule has 1 N–H and O–H groups in total. The van der Waals surface area contributed by atoms with Gasteiger partial charge in [0.25, 0.3) is 0 Å². The minimum absolute atomic E-state index is 0.163. The Bertz CT molecular complexity index is 521. The maximum atomic E-state index is 13.0. The molecule has 1 unspecified atom stereocenters. The Morgan fingerprint density at radius 1 is 1.05 bits per heavy atom. The largest absolute Gasteiger partial charge is 0.508 e. The van der Waals surface area contributed by atoms with Crippen molar-refractivity contribution < 1.29 is 9.50 Å². The topological polar surface area (TPSA) is 23.5 Å². The highest BCUT2D eigenvalue weighted by molar-refractivity contribution is 5.49. The molecule has 2 aromatic carbocycles. The smallest absolute Gasteiger partial charge is 0.123 e. The zero-order valence-electron chi connectivity index (χ0n) is 11.2. The van der Waals surface area contributed by atoms with Crippen LogP contribution in [-0.2, 0) is 0 Å². The van der Waals surface area contributed by atoms with Crippen LogP contribution >= 0.6 is 0 Å². The number of hydrogen-bond acceptors (Lipinski definition) is 2. The summed E-state index contributed by atoms with van der Waals surface area (Å²) in [5.74, 6) is 0.0397. The summed E-state index contributed by atoms with van der Waals surface area (Å²) in [6, 6.07) is 13.9. The first-order chi connectivity index (χ1) is 9.11. The molecule has 0 bridgehead atoms. The van der Waals surface area contributed by atoms with Crippen LogP contribution in [0.15, 0.2) is 48.5 Å². The van der Waals surface area contributed by atoms with Gasteiger partial charge in [0, 0.05) is 12.2 Å². The molecular formula is C16H18FNO. The van der Waals surface area contributed by atoms with Gasteiger partial charge in [-0.1, -0.05) is 12.1 Å². The summed E-state index contributed by atoms with van der Waals surface area (Å²) in [4.78, 5) is 2.19. The SMILES string of the molecule is CCN(c1ccc(F)cc1)C(C)c1ccc(O)cc1. The molecule has 0 amide bonds. The lowest BCUT2D eigenvalue weighted by Gasteiger charge is -2.30. The Balaban J connectivity index is 2.26. The zero-order valence-corrected chi connectivity index (χ0v) is 11.2. The summed E-state index contributed by atoms with van der Waals surface area (Å²) >= 11 is 0. The highest BCUT2D eigenvalue weighted by atomic mass is 19.1. The van der Waals surface area contributed by atoms with Crippen molar-refractivity contribution in [2.24, 2.45) is 0 Å². The monoisotopic (exact) mass is 259 g/mol. The van der Waals surface area contributed by atoms with Gasteiger partial charge in [-0.15, -0.1) is 0 Å². The second kappa shape index (κ2) is 5.74. The highest BCUT2D eigenvalue weighted by Gasteiger charge is 2.14. The van der Waals surface area contributed by atoms with Crippen molar-refractivity contribution in [1.29, 1.82) is 0 Å². The normalized spacial score (nSPS) is 12.2. The number of phenolic OH excluding ortho intramolecular Hbond substituents is 1. The van der Waals surface area contributed by atoms with Gasteiger partial charge in [-0.25, -0.2) is 4.39 Å². The van der Waals surface area contributed by atoms with E-state index in [-0.39, 0.29) is 17.6 Å². The van der Waals surface area contributed by atoms with Crippen molar-refractivity contribution >= 4 is 5.69 Å². The number of anilines is 1. The van der Waals surface area contributed by atoms with Crippen LogP contribution in [0.5, 0.6) is 5.75 Å². The Kier molecular flexibility index (Phi) is 4.05. The van der Waals surface area contributed by atoms with E-state index in [1.165, 1.54) is 12.1 Å². The Labute approximate surface area is 113 Å². The van der Waals surface area contributed by atoms with Gasteiger partial charge in [0.1, 0.15) is 11.6 Å². The highest BCUT2D eigenvalue weighted by Crippen LogP contribution is 2.27. The predicted molar refractivity (Wildman–Crippen MR) is 75.9 cm³/mol. The van der Waals surface area contributed by atoms with Crippen LogP contribution in [-0.4, -0.2) is 11.7 Å². The summed E-state index contributed by atoms with van der Waals surface area (Å²) in [6.07, 6.45) is 0. The van der Waals surface area contributed by atoms with E-state index in [2.05, 4.69) is 18.7 Å². The lowest BCUT2D eigenvalue weighted by molar-refractivity contribution is 0.475. The molecule has 2 nitrogen and oxygen atoms in total. The number of aromatic hydroxyl groups is 1. The summed E-state index contributed by atoms with van der Waals surface area (Å²) in [7, 11) is 0. The Morgan fingerprint density at radius 3 is 2.16 bits per heavy atom. The van der Waals surface area contributed by atoms with Crippen LogP contribution in [0.4, 0.5) is 10.1 Å². The molecule has 0 heterocycles. The molecule has 19 heavy (non-hydrogen) atoms. The molecule has 0 saturated carbocycles. The number of rotatable bonds is 4. The van der Waals surface area contributed by atoms with Gasteiger partial charge < -0.3 is 10.0 Å². The maximum Gasteiger partial charge on any atom is 0.123 e. The van der Waals surface area contributed by atoms with Crippen LogP contribution in [0.25, 0.3) is 0 Å². The lowest BCUT2D eigenvalue weighted by Crippen LogP contribution is -2.26. The molecule has 0 radical (unpaired) electrons. The average molecular weight is 259 g/mol. The molecule has 100 valence electrons. The molecule has 2 aromatic rings. The van der Waals surface area contributed by atoms with Crippen molar-refractivity contribution in [2.45, 2.75) is 19.9 Å². The van der Waals surface area contributed by atoms with Gasteiger partial charge >= 0.3 is 0 Å². The number of phenols is 1. The molecule has 3 heteroatoms. The molecule has 1 atom stereocenters. The van der Waals surface area contributed by atoms with E-state index in [0.717, 1.165) is 17.8 Å². The van der Waals surface area contributed by atoms with Crippen LogP contribution in [0, 0.1) is 5.82 Å². The third kappa shape index (κ3) is 3.05. The molecule has 0 fully saturated rings. The third-order valence-electron chi connectivity index (χ3n) is 3.34. The summed E-state index contributed by atoms with van der Waals surface area (Å²) < 4.78 is 13.0. The first kappa shape index (κ1) is 13.4. The van der Waals surface area contributed by atoms with Gasteiger partial charge in [-0.05, 0) is 55.8 Å². The Morgan fingerprint density at radius 2 is 1.63 bits per heavy atom. The number of benzene rings is 2. The average Bonchev–Trinajstić information content (AvgIpc) is 2.42. The quantitative estimate of drug-likeness (QED) is 0.892. The molecule has 0 aliphatic rings. The van der Waals surface area contributed by atoms with Gasteiger partial charge in [0.2, 0.25) is 0 Å². The zero-order chi connectivity index (χ0) is 13.8. The number of hydrogen-bond donors (Lipinski definition) is 1.